The van der Waals surface area contributed by atoms with Crippen LogP contribution in [0.3, 0.4) is 0 Å². The molecule has 1 aromatic carbocycles. The molecular formula is C20H22F3N5O2. The molecule has 30 heavy (non-hydrogen) atoms. The fourth-order valence-corrected chi connectivity index (χ4v) is 3.34. The third-order valence-corrected chi connectivity index (χ3v) is 4.80. The summed E-state index contributed by atoms with van der Waals surface area (Å²) >= 11 is 0. The van der Waals surface area contributed by atoms with E-state index >= 15 is 0 Å². The summed E-state index contributed by atoms with van der Waals surface area (Å²) in [5, 5.41) is 12.4. The molecule has 0 radical (unpaired) electrons. The second kappa shape index (κ2) is 9.57. The summed E-state index contributed by atoms with van der Waals surface area (Å²) in [7, 11) is 0. The zero-order valence-corrected chi connectivity index (χ0v) is 16.1. The van der Waals surface area contributed by atoms with Gasteiger partial charge in [-0.3, -0.25) is 4.79 Å². The normalized spacial score (nSPS) is 17.4. The van der Waals surface area contributed by atoms with Crippen molar-refractivity contribution in [3.05, 3.63) is 54.5 Å². The second-order valence-electron chi connectivity index (χ2n) is 6.76. The minimum Gasteiger partial charge on any atom is -0.396 e. The van der Waals surface area contributed by atoms with Gasteiger partial charge in [-0.25, -0.2) is 9.97 Å². The van der Waals surface area contributed by atoms with Gasteiger partial charge in [-0.05, 0) is 36.8 Å². The van der Waals surface area contributed by atoms with Crippen molar-refractivity contribution in [3.63, 3.8) is 0 Å². The number of piperazine rings is 1. The highest BCUT2D eigenvalue weighted by atomic mass is 19.4. The third kappa shape index (κ3) is 5.26. The number of halogens is 3. The number of hydrogen-bond acceptors (Lipinski definition) is 7. The van der Waals surface area contributed by atoms with Gasteiger partial charge in [-0.15, -0.1) is 0 Å². The summed E-state index contributed by atoms with van der Waals surface area (Å²) in [4.78, 5) is 23.3. The number of nitrogens with one attached hydrogen (secondary N) is 1. The van der Waals surface area contributed by atoms with Crippen molar-refractivity contribution in [1.82, 2.24) is 14.9 Å². The smallest absolute Gasteiger partial charge is 0.396 e. The van der Waals surface area contributed by atoms with Crippen molar-refractivity contribution >= 4 is 23.6 Å². The highest BCUT2D eigenvalue weighted by molar-refractivity contribution is 5.68. The van der Waals surface area contributed by atoms with Crippen LogP contribution in [0.15, 0.2) is 48.9 Å². The Morgan fingerprint density at radius 3 is 2.57 bits per heavy atom. The van der Waals surface area contributed by atoms with Gasteiger partial charge in [0.25, 0.3) is 0 Å². The molecule has 2 heterocycles. The Morgan fingerprint density at radius 1 is 1.17 bits per heavy atom. The molecule has 1 saturated heterocycles. The molecule has 0 bridgehead atoms. The molecule has 1 aliphatic rings. The lowest BCUT2D eigenvalue weighted by atomic mass is 10.1. The van der Waals surface area contributed by atoms with Crippen LogP contribution in [-0.4, -0.2) is 58.5 Å². The van der Waals surface area contributed by atoms with Gasteiger partial charge in [0.2, 0.25) is 0 Å². The first-order valence-corrected chi connectivity index (χ1v) is 9.41. The van der Waals surface area contributed by atoms with Crippen LogP contribution >= 0.6 is 0 Å². The fourth-order valence-electron chi connectivity index (χ4n) is 3.34. The first kappa shape index (κ1) is 21.6. The molecule has 160 valence electrons. The van der Waals surface area contributed by atoms with Crippen LogP contribution in [0.25, 0.3) is 0 Å². The summed E-state index contributed by atoms with van der Waals surface area (Å²) in [6, 6.07) is 4.68. The number of aliphatic hydroxyl groups excluding tert-OH is 1. The minimum atomic E-state index is -4.39. The lowest BCUT2D eigenvalue weighted by molar-refractivity contribution is -0.137. The maximum absolute atomic E-state index is 12.8. The first-order valence-electron chi connectivity index (χ1n) is 9.41. The van der Waals surface area contributed by atoms with E-state index < -0.39 is 11.7 Å². The average Bonchev–Trinajstić information content (AvgIpc) is 2.73. The van der Waals surface area contributed by atoms with Crippen molar-refractivity contribution in [3.8, 4) is 0 Å². The molecule has 0 amide bonds. The predicted molar refractivity (Wildman–Crippen MR) is 106 cm³/mol. The van der Waals surface area contributed by atoms with Crippen molar-refractivity contribution in [2.75, 3.05) is 36.5 Å². The molecule has 0 spiro atoms. The molecule has 2 N–H and O–H groups in total. The topological polar surface area (TPSA) is 81.6 Å². The Hall–Kier alpha value is -3.14. The third-order valence-electron chi connectivity index (χ3n) is 4.80. The number of hydrogen-bond donors (Lipinski definition) is 2. The van der Waals surface area contributed by atoms with Crippen LogP contribution in [0, 0.1) is 0 Å². The van der Waals surface area contributed by atoms with Crippen LogP contribution < -0.4 is 10.2 Å². The molecule has 1 fully saturated rings. The van der Waals surface area contributed by atoms with Crippen LogP contribution in [0.5, 0.6) is 0 Å². The Labute approximate surface area is 171 Å². The van der Waals surface area contributed by atoms with Gasteiger partial charge < -0.3 is 20.2 Å². The molecular weight excluding hydrogens is 399 g/mol. The largest absolute Gasteiger partial charge is 0.416 e. The first-order chi connectivity index (χ1) is 14.4. The van der Waals surface area contributed by atoms with E-state index in [2.05, 4.69) is 15.3 Å². The number of aromatic nitrogens is 2. The van der Waals surface area contributed by atoms with Crippen molar-refractivity contribution in [1.29, 1.82) is 0 Å². The van der Waals surface area contributed by atoms with Gasteiger partial charge in [0, 0.05) is 56.6 Å². The molecule has 1 aromatic heterocycles. The zero-order valence-electron chi connectivity index (χ0n) is 16.1. The van der Waals surface area contributed by atoms with Crippen LogP contribution in [0.1, 0.15) is 12.0 Å². The van der Waals surface area contributed by atoms with E-state index in [1.807, 2.05) is 9.80 Å². The van der Waals surface area contributed by atoms with Gasteiger partial charge >= 0.3 is 6.18 Å². The van der Waals surface area contributed by atoms with E-state index in [9.17, 15) is 23.1 Å². The van der Waals surface area contributed by atoms with E-state index in [1.165, 1.54) is 24.4 Å². The molecule has 7 nitrogen and oxygen atoms in total. The number of carbonyl (C=O) groups is 1. The maximum atomic E-state index is 12.8. The summed E-state index contributed by atoms with van der Waals surface area (Å²) in [6.45, 7) is 1.77. The summed E-state index contributed by atoms with van der Waals surface area (Å²) in [5.74, 6) is 0.997. The standard InChI is InChI=1S/C20H22F3N5O2/c21-20(22,23)15-2-4-16(5-3-15)26-18-19(25-8-7-24-18)28-11-10-27(9-1-12-29)17(14-28)6-13-30/h1-5,7-9,12,17,30H,6,10-11,13-14H2,(H,24,26)/t17-/m1/s1. The molecule has 0 aliphatic carbocycles. The van der Waals surface area contributed by atoms with Crippen molar-refractivity contribution in [2.45, 2.75) is 18.6 Å². The molecule has 2 aromatic rings. The van der Waals surface area contributed by atoms with E-state index in [0.29, 0.717) is 49.7 Å². The number of anilines is 3. The monoisotopic (exact) mass is 421 g/mol. The maximum Gasteiger partial charge on any atom is 0.416 e. The van der Waals surface area contributed by atoms with E-state index in [1.54, 1.807) is 12.4 Å². The number of allylic oxidation sites excluding steroid dienone is 1. The lowest BCUT2D eigenvalue weighted by Gasteiger charge is -2.41. The van der Waals surface area contributed by atoms with Crippen molar-refractivity contribution < 1.29 is 23.1 Å². The molecule has 3 rings (SSSR count). The Morgan fingerprint density at radius 2 is 1.90 bits per heavy atom. The summed E-state index contributed by atoms with van der Waals surface area (Å²) in [5.41, 5.74) is -0.261. The Balaban J connectivity index is 1.78. The SMILES string of the molecule is O=CC=CN1CCN(c2nccnc2Nc2ccc(C(F)(F)F)cc2)C[C@H]1CCO. The van der Waals surface area contributed by atoms with Crippen LogP contribution in [-0.2, 0) is 11.0 Å². The van der Waals surface area contributed by atoms with Crippen LogP contribution in [0.4, 0.5) is 30.5 Å². The van der Waals surface area contributed by atoms with Gasteiger partial charge in [-0.1, -0.05) is 0 Å². The number of rotatable bonds is 7. The average molecular weight is 421 g/mol. The molecule has 0 saturated carbocycles. The van der Waals surface area contributed by atoms with Crippen molar-refractivity contribution in [2.24, 2.45) is 0 Å². The van der Waals surface area contributed by atoms with Gasteiger partial charge in [0.15, 0.2) is 11.6 Å². The fraction of sp³-hybridized carbons (Fsp3) is 0.350. The number of aliphatic hydroxyl groups is 1. The molecule has 1 atom stereocenters. The number of alkyl halides is 3. The molecule has 10 heteroatoms. The van der Waals surface area contributed by atoms with Crippen LogP contribution in [0.2, 0.25) is 0 Å². The number of nitrogens with zero attached hydrogens (tertiary/aromatic N) is 4. The lowest BCUT2D eigenvalue weighted by Crippen LogP contribution is -2.51. The van der Waals surface area contributed by atoms with E-state index in [4.69, 9.17) is 0 Å². The predicted octanol–water partition coefficient (Wildman–Crippen LogP) is 2.82. The molecule has 0 unspecified atom stereocenters. The Bertz CT molecular complexity index is 873. The van der Waals surface area contributed by atoms with Gasteiger partial charge in [0.1, 0.15) is 6.29 Å². The quantitative estimate of drug-likeness (QED) is 0.526. The van der Waals surface area contributed by atoms with E-state index in [0.717, 1.165) is 12.1 Å². The highest BCUT2D eigenvalue weighted by Gasteiger charge is 2.30. The van der Waals surface area contributed by atoms with E-state index in [-0.39, 0.29) is 12.6 Å². The number of carbonyl (C=O) groups excluding carboxylic acids is 1. The highest BCUT2D eigenvalue weighted by Crippen LogP contribution is 2.31. The summed E-state index contributed by atoms with van der Waals surface area (Å²) < 4.78 is 38.3. The number of benzene rings is 1. The van der Waals surface area contributed by atoms with Gasteiger partial charge in [0.05, 0.1) is 5.56 Å². The molecule has 1 aliphatic heterocycles. The summed E-state index contributed by atoms with van der Waals surface area (Å²) in [6.07, 6.45) is 3.01. The number of aldehydes is 1. The Kier molecular flexibility index (Phi) is 6.88. The second-order valence-corrected chi connectivity index (χ2v) is 6.76. The zero-order chi connectivity index (χ0) is 21.6. The minimum absolute atomic E-state index is 0.00106. The van der Waals surface area contributed by atoms with Gasteiger partial charge in [-0.2, -0.15) is 13.2 Å².